The molecule has 0 radical (unpaired) electrons. The fourth-order valence-electron chi connectivity index (χ4n) is 3.66. The van der Waals surface area contributed by atoms with Crippen molar-refractivity contribution in [1.82, 2.24) is 0 Å². The quantitative estimate of drug-likeness (QED) is 0.518. The lowest BCUT2D eigenvalue weighted by atomic mass is 9.73. The fraction of sp³-hybridized carbons (Fsp3) is 1.00. The van der Waals surface area contributed by atoms with Gasteiger partial charge in [0.15, 0.2) is 0 Å². The van der Waals surface area contributed by atoms with Gasteiger partial charge in [-0.05, 0) is 61.2 Å². The Balaban J connectivity index is 2.65. The Morgan fingerprint density at radius 2 is 0.625 bits per heavy atom. The van der Waals surface area contributed by atoms with E-state index in [-0.39, 0.29) is 0 Å². The summed E-state index contributed by atoms with van der Waals surface area (Å²) in [5.74, 6) is 5.50. The highest BCUT2D eigenvalue weighted by atomic mass is 14.3. The second-order valence-corrected chi connectivity index (χ2v) is 7.06. The molecule has 0 aromatic heterocycles. The van der Waals surface area contributed by atoms with Crippen LogP contribution in [0.5, 0.6) is 0 Å². The Morgan fingerprint density at radius 3 is 0.812 bits per heavy atom. The third-order valence-electron chi connectivity index (χ3n) is 5.04. The van der Waals surface area contributed by atoms with Gasteiger partial charge in [-0.3, -0.25) is 0 Å². The molecule has 0 aromatic rings. The maximum atomic E-state index is 2.46. The van der Waals surface area contributed by atoms with Gasteiger partial charge in [-0.25, -0.2) is 0 Å². The van der Waals surface area contributed by atoms with Crippen LogP contribution in [0.3, 0.4) is 0 Å². The molecule has 0 aromatic carbocycles. The van der Waals surface area contributed by atoms with Crippen LogP contribution in [0.2, 0.25) is 0 Å². The van der Waals surface area contributed by atoms with Gasteiger partial charge in [0.1, 0.15) is 0 Å². The van der Waals surface area contributed by atoms with Crippen molar-refractivity contribution in [2.45, 2.75) is 67.2 Å². The number of hydrogen-bond acceptors (Lipinski definition) is 0. The number of rotatable bonds is 0. The summed E-state index contributed by atoms with van der Waals surface area (Å²) in [5, 5.41) is 0. The van der Waals surface area contributed by atoms with Gasteiger partial charge in [0.25, 0.3) is 0 Å². The smallest absolute Gasteiger partial charge is 0.0414 e. The van der Waals surface area contributed by atoms with Gasteiger partial charge >= 0.3 is 0 Å². The van der Waals surface area contributed by atoms with Crippen molar-refractivity contribution in [3.8, 4) is 0 Å². The molecule has 0 spiro atoms. The van der Waals surface area contributed by atoms with Crippen LogP contribution in [0.1, 0.15) is 67.2 Å². The van der Waals surface area contributed by atoms with Crippen molar-refractivity contribution in [2.24, 2.45) is 35.5 Å². The Kier molecular flexibility index (Phi) is 5.34. The summed E-state index contributed by atoms with van der Waals surface area (Å²) in [5.41, 5.74) is 0. The van der Waals surface area contributed by atoms with Crippen LogP contribution in [-0.2, 0) is 0 Å². The normalized spacial score (nSPS) is 47.6. The summed E-state index contributed by atoms with van der Waals surface area (Å²) in [6, 6.07) is 0. The van der Waals surface area contributed by atoms with Crippen LogP contribution in [0.15, 0.2) is 0 Å². The molecule has 1 saturated carbocycles. The molecule has 0 nitrogen and oxygen atoms in total. The van der Waals surface area contributed by atoms with E-state index in [4.69, 9.17) is 0 Å². The summed E-state index contributed by atoms with van der Waals surface area (Å²) >= 11 is 0. The van der Waals surface area contributed by atoms with Crippen LogP contribution < -0.4 is 0 Å². The third-order valence-corrected chi connectivity index (χ3v) is 5.04. The molecule has 1 aliphatic carbocycles. The van der Waals surface area contributed by atoms with E-state index in [0.717, 1.165) is 35.5 Å². The molecule has 0 heteroatoms. The summed E-state index contributed by atoms with van der Waals surface area (Å²) in [7, 11) is 0. The molecule has 1 aliphatic rings. The molecule has 1 fully saturated rings. The zero-order valence-corrected chi connectivity index (χ0v) is 12.3. The SMILES string of the molecule is CC1CC(C)C(C)CC(C)CC(C)C(C)C1. The van der Waals surface area contributed by atoms with E-state index in [1.165, 1.54) is 25.7 Å². The Bertz CT molecular complexity index is 154. The lowest BCUT2D eigenvalue weighted by molar-refractivity contribution is 0.184. The standard InChI is InChI=1S/C16H32/c1-11-7-13(3)15(5)9-12(2)10-16(6)14(4)8-11/h11-16H,7-10H2,1-6H3. The summed E-state index contributed by atoms with van der Waals surface area (Å²) in [6.45, 7) is 14.8. The van der Waals surface area contributed by atoms with E-state index >= 15 is 0 Å². The fourth-order valence-corrected chi connectivity index (χ4v) is 3.66. The zero-order chi connectivity index (χ0) is 12.3. The van der Waals surface area contributed by atoms with Crippen molar-refractivity contribution in [1.29, 1.82) is 0 Å². The third kappa shape index (κ3) is 4.11. The molecule has 1 rings (SSSR count). The van der Waals surface area contributed by atoms with Crippen molar-refractivity contribution in [3.05, 3.63) is 0 Å². The molecule has 0 heterocycles. The predicted molar refractivity (Wildman–Crippen MR) is 73.5 cm³/mol. The number of hydrogen-bond donors (Lipinski definition) is 0. The first-order valence-corrected chi connectivity index (χ1v) is 7.40. The van der Waals surface area contributed by atoms with E-state index < -0.39 is 0 Å². The second-order valence-electron chi connectivity index (χ2n) is 7.06. The average Bonchev–Trinajstić information content (AvgIpc) is 2.15. The van der Waals surface area contributed by atoms with Crippen molar-refractivity contribution < 1.29 is 0 Å². The van der Waals surface area contributed by atoms with Crippen molar-refractivity contribution >= 4 is 0 Å². The minimum Gasteiger partial charge on any atom is -0.0625 e. The van der Waals surface area contributed by atoms with Gasteiger partial charge in [0.05, 0.1) is 0 Å². The van der Waals surface area contributed by atoms with Gasteiger partial charge in [-0.2, -0.15) is 0 Å². The van der Waals surface area contributed by atoms with E-state index in [2.05, 4.69) is 41.5 Å². The van der Waals surface area contributed by atoms with Gasteiger partial charge in [0.2, 0.25) is 0 Å². The first-order valence-electron chi connectivity index (χ1n) is 7.40. The van der Waals surface area contributed by atoms with Crippen LogP contribution >= 0.6 is 0 Å². The molecule has 0 bridgehead atoms. The van der Waals surface area contributed by atoms with E-state index in [9.17, 15) is 0 Å². The van der Waals surface area contributed by atoms with Crippen LogP contribution in [0.25, 0.3) is 0 Å². The van der Waals surface area contributed by atoms with E-state index in [0.29, 0.717) is 0 Å². The minimum atomic E-state index is 0.915. The lowest BCUT2D eigenvalue weighted by Crippen LogP contribution is -2.22. The first kappa shape index (κ1) is 14.1. The molecule has 0 aliphatic heterocycles. The summed E-state index contributed by atoms with van der Waals surface area (Å²) in [6.07, 6.45) is 5.74. The van der Waals surface area contributed by atoms with E-state index in [1.54, 1.807) is 0 Å². The highest BCUT2D eigenvalue weighted by molar-refractivity contribution is 4.75. The van der Waals surface area contributed by atoms with E-state index in [1.807, 2.05) is 0 Å². The Labute approximate surface area is 103 Å². The zero-order valence-electron chi connectivity index (χ0n) is 12.3. The largest absolute Gasteiger partial charge is 0.0625 e. The average molecular weight is 224 g/mol. The minimum absolute atomic E-state index is 0.915. The predicted octanol–water partition coefficient (Wildman–Crippen LogP) is 5.38. The van der Waals surface area contributed by atoms with Crippen LogP contribution in [0, 0.1) is 35.5 Å². The molecular weight excluding hydrogens is 192 g/mol. The molecule has 0 N–H and O–H groups in total. The topological polar surface area (TPSA) is 0 Å². The molecule has 96 valence electrons. The summed E-state index contributed by atoms with van der Waals surface area (Å²) < 4.78 is 0. The highest BCUT2D eigenvalue weighted by Crippen LogP contribution is 2.35. The molecule has 4 unspecified atom stereocenters. The maximum Gasteiger partial charge on any atom is -0.0414 e. The molecule has 4 atom stereocenters. The molecule has 0 saturated heterocycles. The second kappa shape index (κ2) is 6.07. The maximum absolute atomic E-state index is 2.46. The van der Waals surface area contributed by atoms with Gasteiger partial charge in [-0.1, -0.05) is 41.5 Å². The van der Waals surface area contributed by atoms with Crippen LogP contribution in [0.4, 0.5) is 0 Å². The first-order chi connectivity index (χ1) is 7.40. The highest BCUT2D eigenvalue weighted by Gasteiger charge is 2.24. The summed E-state index contributed by atoms with van der Waals surface area (Å²) in [4.78, 5) is 0. The van der Waals surface area contributed by atoms with Crippen molar-refractivity contribution in [2.75, 3.05) is 0 Å². The molecular formula is C16H32. The Hall–Kier alpha value is 0. The van der Waals surface area contributed by atoms with Gasteiger partial charge < -0.3 is 0 Å². The Morgan fingerprint density at radius 1 is 0.438 bits per heavy atom. The molecule has 0 amide bonds. The van der Waals surface area contributed by atoms with Crippen LogP contribution in [-0.4, -0.2) is 0 Å². The molecule has 16 heavy (non-hydrogen) atoms. The van der Waals surface area contributed by atoms with Crippen molar-refractivity contribution in [3.63, 3.8) is 0 Å². The monoisotopic (exact) mass is 224 g/mol. The van der Waals surface area contributed by atoms with Gasteiger partial charge in [0, 0.05) is 0 Å². The van der Waals surface area contributed by atoms with Gasteiger partial charge in [-0.15, -0.1) is 0 Å². The lowest BCUT2D eigenvalue weighted by Gasteiger charge is -2.32.